The summed E-state index contributed by atoms with van der Waals surface area (Å²) in [6, 6.07) is 0. The zero-order valence-electron chi connectivity index (χ0n) is 13.5. The van der Waals surface area contributed by atoms with Crippen LogP contribution in [0.4, 0.5) is 9.59 Å². The molecule has 0 radical (unpaired) electrons. The summed E-state index contributed by atoms with van der Waals surface area (Å²) < 4.78 is 9.97. The number of carbonyl (C=O) groups excluding carboxylic acids is 2. The Bertz CT molecular complexity index is 388. The summed E-state index contributed by atoms with van der Waals surface area (Å²) in [7, 11) is 0. The van der Waals surface area contributed by atoms with E-state index < -0.39 is 18.3 Å². The van der Waals surface area contributed by atoms with Gasteiger partial charge in [0.15, 0.2) is 0 Å². The Kier molecular flexibility index (Phi) is 5.87. The molecule has 0 aromatic carbocycles. The van der Waals surface area contributed by atoms with Gasteiger partial charge in [0.25, 0.3) is 0 Å². The van der Waals surface area contributed by atoms with Gasteiger partial charge in [0, 0.05) is 5.54 Å². The van der Waals surface area contributed by atoms with Crippen molar-refractivity contribution in [3.63, 3.8) is 0 Å². The van der Waals surface area contributed by atoms with E-state index in [9.17, 15) is 9.59 Å². The van der Waals surface area contributed by atoms with Crippen molar-refractivity contribution in [2.24, 2.45) is 11.1 Å². The number of carbonyl (C=O) groups is 2. The van der Waals surface area contributed by atoms with Gasteiger partial charge < -0.3 is 20.5 Å². The maximum atomic E-state index is 12.0. The SMILES string of the molecule is CCC(COC(N)=O)OC(=O)NC1(C)CCC(C)(CC)C1. The Labute approximate surface area is 126 Å². The molecule has 3 unspecified atom stereocenters. The van der Waals surface area contributed by atoms with Gasteiger partial charge in [-0.3, -0.25) is 0 Å². The Hall–Kier alpha value is -1.46. The number of hydrogen-bond donors (Lipinski definition) is 2. The van der Waals surface area contributed by atoms with Gasteiger partial charge in [0.1, 0.15) is 12.7 Å². The van der Waals surface area contributed by atoms with Gasteiger partial charge >= 0.3 is 12.2 Å². The number of nitrogens with one attached hydrogen (secondary N) is 1. The summed E-state index contributed by atoms with van der Waals surface area (Å²) in [6.45, 7) is 8.32. The first-order valence-electron chi connectivity index (χ1n) is 7.63. The molecule has 122 valence electrons. The lowest BCUT2D eigenvalue weighted by Gasteiger charge is -2.29. The smallest absolute Gasteiger partial charge is 0.407 e. The number of amides is 2. The second kappa shape index (κ2) is 7.00. The molecule has 3 N–H and O–H groups in total. The van der Waals surface area contributed by atoms with Gasteiger partial charge in [-0.05, 0) is 38.0 Å². The molecule has 1 saturated carbocycles. The van der Waals surface area contributed by atoms with Crippen LogP contribution in [0, 0.1) is 5.41 Å². The van der Waals surface area contributed by atoms with Crippen molar-refractivity contribution in [2.45, 2.75) is 71.4 Å². The predicted octanol–water partition coefficient (Wildman–Crippen LogP) is 2.95. The average molecular weight is 300 g/mol. The molecule has 6 heteroatoms. The predicted molar refractivity (Wildman–Crippen MR) is 79.9 cm³/mol. The van der Waals surface area contributed by atoms with Crippen molar-refractivity contribution in [3.8, 4) is 0 Å². The first-order valence-corrected chi connectivity index (χ1v) is 7.63. The number of ether oxygens (including phenoxy) is 2. The molecular formula is C15H28N2O4. The van der Waals surface area contributed by atoms with Crippen LogP contribution < -0.4 is 11.1 Å². The summed E-state index contributed by atoms with van der Waals surface area (Å²) in [5, 5.41) is 2.96. The molecule has 6 nitrogen and oxygen atoms in total. The molecule has 1 rings (SSSR count). The molecular weight excluding hydrogens is 272 g/mol. The van der Waals surface area contributed by atoms with Crippen molar-refractivity contribution >= 4 is 12.2 Å². The molecule has 0 spiro atoms. The quantitative estimate of drug-likeness (QED) is 0.789. The summed E-state index contributed by atoms with van der Waals surface area (Å²) in [6.07, 6.45) is 2.86. The van der Waals surface area contributed by atoms with E-state index >= 15 is 0 Å². The summed E-state index contributed by atoms with van der Waals surface area (Å²) in [5.74, 6) is 0. The standard InChI is InChI=1S/C15H28N2O4/c1-5-11(9-20-12(16)18)21-13(19)17-15(4)8-7-14(3,6-2)10-15/h11H,5-10H2,1-4H3,(H2,16,18)(H,17,19). The van der Waals surface area contributed by atoms with Crippen LogP contribution in [0.2, 0.25) is 0 Å². The van der Waals surface area contributed by atoms with Crippen molar-refractivity contribution in [3.05, 3.63) is 0 Å². The third-order valence-corrected chi connectivity index (χ3v) is 4.50. The van der Waals surface area contributed by atoms with Crippen LogP contribution in [0.3, 0.4) is 0 Å². The second-order valence-corrected chi connectivity index (χ2v) is 6.59. The summed E-state index contributed by atoms with van der Waals surface area (Å²) in [4.78, 5) is 22.6. The minimum atomic E-state index is -0.862. The fraction of sp³-hybridized carbons (Fsp3) is 0.867. The third-order valence-electron chi connectivity index (χ3n) is 4.50. The molecule has 0 bridgehead atoms. The molecule has 0 aromatic heterocycles. The van der Waals surface area contributed by atoms with Crippen molar-refractivity contribution < 1.29 is 19.1 Å². The highest BCUT2D eigenvalue weighted by atomic mass is 16.6. The van der Waals surface area contributed by atoms with Gasteiger partial charge in [-0.2, -0.15) is 0 Å². The van der Waals surface area contributed by atoms with Crippen LogP contribution >= 0.6 is 0 Å². The van der Waals surface area contributed by atoms with E-state index in [1.165, 1.54) is 0 Å². The number of hydrogen-bond acceptors (Lipinski definition) is 4. The topological polar surface area (TPSA) is 90.7 Å². The molecule has 0 aromatic rings. The molecule has 0 heterocycles. The van der Waals surface area contributed by atoms with Crippen molar-refractivity contribution in [1.82, 2.24) is 5.32 Å². The largest absolute Gasteiger partial charge is 0.446 e. The monoisotopic (exact) mass is 300 g/mol. The van der Waals surface area contributed by atoms with Gasteiger partial charge in [-0.25, -0.2) is 9.59 Å². The summed E-state index contributed by atoms with van der Waals surface area (Å²) >= 11 is 0. The lowest BCUT2D eigenvalue weighted by atomic mass is 9.84. The van der Waals surface area contributed by atoms with E-state index in [2.05, 4.69) is 30.8 Å². The second-order valence-electron chi connectivity index (χ2n) is 6.59. The molecule has 0 aliphatic heterocycles. The molecule has 3 atom stereocenters. The highest BCUT2D eigenvalue weighted by Crippen LogP contribution is 2.45. The van der Waals surface area contributed by atoms with Crippen LogP contribution in [0.1, 0.15) is 59.8 Å². The zero-order valence-corrected chi connectivity index (χ0v) is 13.5. The first kappa shape index (κ1) is 17.6. The Balaban J connectivity index is 2.47. The Morgan fingerprint density at radius 2 is 1.95 bits per heavy atom. The fourth-order valence-electron chi connectivity index (χ4n) is 2.94. The maximum Gasteiger partial charge on any atom is 0.407 e. The molecule has 21 heavy (non-hydrogen) atoms. The number of alkyl carbamates (subject to hydrolysis) is 1. The minimum Gasteiger partial charge on any atom is -0.446 e. The van der Waals surface area contributed by atoms with Crippen LogP contribution in [-0.4, -0.2) is 30.4 Å². The van der Waals surface area contributed by atoms with Crippen LogP contribution in [0.25, 0.3) is 0 Å². The van der Waals surface area contributed by atoms with E-state index in [4.69, 9.17) is 10.5 Å². The van der Waals surface area contributed by atoms with Crippen LogP contribution in [-0.2, 0) is 9.47 Å². The first-order chi connectivity index (χ1) is 9.72. The highest BCUT2D eigenvalue weighted by Gasteiger charge is 2.42. The Morgan fingerprint density at radius 1 is 1.29 bits per heavy atom. The lowest BCUT2D eigenvalue weighted by Crippen LogP contribution is -2.46. The average Bonchev–Trinajstić information content (AvgIpc) is 2.70. The number of primary amides is 1. The van der Waals surface area contributed by atoms with E-state index in [0.717, 1.165) is 25.7 Å². The third kappa shape index (κ3) is 5.44. The van der Waals surface area contributed by atoms with E-state index in [-0.39, 0.29) is 17.6 Å². The normalized spacial score (nSPS) is 29.7. The molecule has 1 fully saturated rings. The van der Waals surface area contributed by atoms with Gasteiger partial charge in [0.2, 0.25) is 0 Å². The molecule has 1 aliphatic carbocycles. The summed E-state index contributed by atoms with van der Waals surface area (Å²) in [5.41, 5.74) is 4.95. The minimum absolute atomic E-state index is 0.0113. The highest BCUT2D eigenvalue weighted by molar-refractivity contribution is 5.68. The van der Waals surface area contributed by atoms with Crippen molar-refractivity contribution in [2.75, 3.05) is 6.61 Å². The zero-order chi connectivity index (χ0) is 16.1. The van der Waals surface area contributed by atoms with Gasteiger partial charge in [-0.15, -0.1) is 0 Å². The fourth-order valence-corrected chi connectivity index (χ4v) is 2.94. The van der Waals surface area contributed by atoms with Crippen LogP contribution in [0.15, 0.2) is 0 Å². The van der Waals surface area contributed by atoms with Crippen LogP contribution in [0.5, 0.6) is 0 Å². The van der Waals surface area contributed by atoms with E-state index in [1.54, 1.807) is 0 Å². The molecule has 2 amide bonds. The number of nitrogens with two attached hydrogens (primary N) is 1. The molecule has 1 aliphatic rings. The number of rotatable bonds is 6. The lowest BCUT2D eigenvalue weighted by molar-refractivity contribution is 0.0406. The van der Waals surface area contributed by atoms with Crippen molar-refractivity contribution in [1.29, 1.82) is 0 Å². The van der Waals surface area contributed by atoms with Gasteiger partial charge in [-0.1, -0.05) is 27.2 Å². The maximum absolute atomic E-state index is 12.0. The molecule has 0 saturated heterocycles. The Morgan fingerprint density at radius 3 is 2.43 bits per heavy atom. The van der Waals surface area contributed by atoms with E-state index in [1.807, 2.05) is 6.92 Å². The van der Waals surface area contributed by atoms with Gasteiger partial charge in [0.05, 0.1) is 0 Å². The van der Waals surface area contributed by atoms with E-state index in [0.29, 0.717) is 6.42 Å².